The molecule has 1 aliphatic heterocycles. The van der Waals surface area contributed by atoms with Crippen molar-refractivity contribution in [2.45, 2.75) is 45.9 Å². The van der Waals surface area contributed by atoms with Gasteiger partial charge >= 0.3 is 0 Å². The maximum atomic E-state index is 5.93. The Morgan fingerprint density at radius 1 is 1.45 bits per heavy atom. The monoisotopic (exact) mass is 320 g/mol. The van der Waals surface area contributed by atoms with Gasteiger partial charge in [-0.15, -0.1) is 11.3 Å². The predicted molar refractivity (Wildman–Crippen MR) is 87.9 cm³/mol. The van der Waals surface area contributed by atoms with Gasteiger partial charge in [0.05, 0.1) is 23.0 Å². The van der Waals surface area contributed by atoms with Crippen LogP contribution >= 0.6 is 11.3 Å². The Bertz CT molecular complexity index is 594. The highest BCUT2D eigenvalue weighted by atomic mass is 32.1. The highest BCUT2D eigenvalue weighted by Gasteiger charge is 2.30. The lowest BCUT2D eigenvalue weighted by molar-refractivity contribution is 0.0903. The van der Waals surface area contributed by atoms with Gasteiger partial charge in [0.15, 0.2) is 0 Å². The molecule has 0 amide bonds. The van der Waals surface area contributed by atoms with Crippen molar-refractivity contribution in [2.75, 3.05) is 13.2 Å². The third-order valence-electron chi connectivity index (χ3n) is 4.13. The number of thiazole rings is 1. The van der Waals surface area contributed by atoms with Gasteiger partial charge in [-0.2, -0.15) is 5.10 Å². The lowest BCUT2D eigenvalue weighted by atomic mass is 9.97. The second-order valence-electron chi connectivity index (χ2n) is 5.69. The van der Waals surface area contributed by atoms with Crippen LogP contribution in [0.2, 0.25) is 0 Å². The topological polar surface area (TPSA) is 52.0 Å². The first-order chi connectivity index (χ1) is 10.8. The van der Waals surface area contributed by atoms with Gasteiger partial charge in [0.2, 0.25) is 0 Å². The third-order valence-corrected chi connectivity index (χ3v) is 5.18. The van der Waals surface area contributed by atoms with E-state index >= 15 is 0 Å². The minimum absolute atomic E-state index is 0.175. The smallest absolute Gasteiger partial charge is 0.0926 e. The zero-order chi connectivity index (χ0) is 15.4. The van der Waals surface area contributed by atoms with Crippen LogP contribution in [0.3, 0.4) is 0 Å². The average molecular weight is 320 g/mol. The van der Waals surface area contributed by atoms with E-state index in [9.17, 15) is 0 Å². The summed E-state index contributed by atoms with van der Waals surface area (Å²) in [7, 11) is 0. The summed E-state index contributed by atoms with van der Waals surface area (Å²) in [6.45, 7) is 7.79. The summed E-state index contributed by atoms with van der Waals surface area (Å²) in [5.41, 5.74) is 2.35. The molecule has 6 heteroatoms. The molecular weight excluding hydrogens is 296 g/mol. The van der Waals surface area contributed by atoms with E-state index in [0.29, 0.717) is 5.92 Å². The number of hydrogen-bond acceptors (Lipinski definition) is 5. The lowest BCUT2D eigenvalue weighted by Gasteiger charge is -2.17. The Labute approximate surface area is 135 Å². The van der Waals surface area contributed by atoms with E-state index in [1.165, 1.54) is 10.6 Å². The van der Waals surface area contributed by atoms with Gasteiger partial charge in [-0.05, 0) is 19.8 Å². The fraction of sp³-hybridized carbons (Fsp3) is 0.625. The van der Waals surface area contributed by atoms with Crippen molar-refractivity contribution >= 4 is 11.3 Å². The van der Waals surface area contributed by atoms with Crippen molar-refractivity contribution < 1.29 is 4.74 Å². The SMILES string of the molecule is CCc1nc(CNC[C@H]2CCO[C@@H]2c2cnn(CC)c2)cs1. The van der Waals surface area contributed by atoms with Gasteiger partial charge in [0.25, 0.3) is 0 Å². The number of nitrogens with one attached hydrogen (secondary N) is 1. The van der Waals surface area contributed by atoms with E-state index in [0.717, 1.165) is 44.8 Å². The minimum Gasteiger partial charge on any atom is -0.373 e. The molecule has 1 saturated heterocycles. The molecular formula is C16H24N4OS. The van der Waals surface area contributed by atoms with Crippen molar-refractivity contribution in [3.05, 3.63) is 34.0 Å². The first-order valence-electron chi connectivity index (χ1n) is 8.08. The van der Waals surface area contributed by atoms with Crippen LogP contribution in [0.5, 0.6) is 0 Å². The van der Waals surface area contributed by atoms with E-state index in [-0.39, 0.29) is 6.10 Å². The first kappa shape index (κ1) is 15.6. The Kier molecular flexibility index (Phi) is 5.23. The number of rotatable bonds is 7. The summed E-state index contributed by atoms with van der Waals surface area (Å²) >= 11 is 1.75. The summed E-state index contributed by atoms with van der Waals surface area (Å²) in [4.78, 5) is 4.60. The highest BCUT2D eigenvalue weighted by Crippen LogP contribution is 2.33. The van der Waals surface area contributed by atoms with E-state index in [1.54, 1.807) is 11.3 Å². The predicted octanol–water partition coefficient (Wildman–Crippen LogP) is 2.79. The summed E-state index contributed by atoms with van der Waals surface area (Å²) in [5, 5.41) is 11.3. The largest absolute Gasteiger partial charge is 0.373 e. The molecule has 0 unspecified atom stereocenters. The van der Waals surface area contributed by atoms with Crippen molar-refractivity contribution in [3.63, 3.8) is 0 Å². The van der Waals surface area contributed by atoms with Gasteiger partial charge in [0, 0.05) is 49.3 Å². The molecule has 5 nitrogen and oxygen atoms in total. The van der Waals surface area contributed by atoms with Crippen LogP contribution in [0.1, 0.15) is 42.6 Å². The molecule has 3 heterocycles. The summed E-state index contributed by atoms with van der Waals surface area (Å²) < 4.78 is 7.89. The quantitative estimate of drug-likeness (QED) is 0.852. The Morgan fingerprint density at radius 3 is 3.09 bits per heavy atom. The molecule has 2 aromatic rings. The summed E-state index contributed by atoms with van der Waals surface area (Å²) in [6, 6.07) is 0. The highest BCUT2D eigenvalue weighted by molar-refractivity contribution is 7.09. The normalized spacial score (nSPS) is 21.5. The number of aromatic nitrogens is 3. The number of aryl methyl sites for hydroxylation is 2. The van der Waals surface area contributed by atoms with Crippen molar-refractivity contribution in [3.8, 4) is 0 Å². The molecule has 3 rings (SSSR count). The molecule has 0 aliphatic carbocycles. The average Bonchev–Trinajstić information content (AvgIpc) is 3.27. The fourth-order valence-corrected chi connectivity index (χ4v) is 3.63. The fourth-order valence-electron chi connectivity index (χ4n) is 2.89. The van der Waals surface area contributed by atoms with Gasteiger partial charge in [-0.3, -0.25) is 4.68 Å². The van der Waals surface area contributed by atoms with E-state index in [2.05, 4.69) is 40.8 Å². The summed E-state index contributed by atoms with van der Waals surface area (Å²) in [5.74, 6) is 0.513. The second kappa shape index (κ2) is 7.35. The van der Waals surface area contributed by atoms with Crippen LogP contribution in [-0.4, -0.2) is 27.9 Å². The molecule has 0 spiro atoms. The van der Waals surface area contributed by atoms with Crippen LogP contribution < -0.4 is 5.32 Å². The van der Waals surface area contributed by atoms with Gasteiger partial charge in [-0.1, -0.05) is 6.92 Å². The molecule has 0 aromatic carbocycles. The molecule has 2 aromatic heterocycles. The zero-order valence-corrected chi connectivity index (χ0v) is 14.1. The van der Waals surface area contributed by atoms with Crippen LogP contribution in [0.15, 0.2) is 17.8 Å². The maximum absolute atomic E-state index is 5.93. The van der Waals surface area contributed by atoms with Gasteiger partial charge < -0.3 is 10.1 Å². The number of ether oxygens (including phenoxy) is 1. The van der Waals surface area contributed by atoms with Crippen molar-refractivity contribution in [2.24, 2.45) is 5.92 Å². The standard InChI is InChI=1S/C16H24N4OS/c1-3-15-19-14(11-22-15)9-17-7-12-5-6-21-16(12)13-8-18-20(4-2)10-13/h8,10-12,16-17H,3-7,9H2,1-2H3/t12-,16+/m1/s1. The Balaban J connectivity index is 1.52. The van der Waals surface area contributed by atoms with E-state index in [4.69, 9.17) is 4.74 Å². The molecule has 1 fully saturated rings. The third kappa shape index (κ3) is 3.56. The Morgan fingerprint density at radius 2 is 2.36 bits per heavy atom. The minimum atomic E-state index is 0.175. The lowest BCUT2D eigenvalue weighted by Crippen LogP contribution is -2.24. The molecule has 0 radical (unpaired) electrons. The maximum Gasteiger partial charge on any atom is 0.0926 e. The molecule has 22 heavy (non-hydrogen) atoms. The van der Waals surface area contributed by atoms with Crippen molar-refractivity contribution in [1.82, 2.24) is 20.1 Å². The molecule has 120 valence electrons. The zero-order valence-electron chi connectivity index (χ0n) is 13.3. The molecule has 0 bridgehead atoms. The number of hydrogen-bond donors (Lipinski definition) is 1. The molecule has 0 saturated carbocycles. The van der Waals surface area contributed by atoms with Gasteiger partial charge in [0.1, 0.15) is 0 Å². The van der Waals surface area contributed by atoms with Crippen LogP contribution in [0.4, 0.5) is 0 Å². The van der Waals surface area contributed by atoms with Crippen LogP contribution in [0.25, 0.3) is 0 Å². The molecule has 1 aliphatic rings. The van der Waals surface area contributed by atoms with Gasteiger partial charge in [-0.25, -0.2) is 4.98 Å². The van der Waals surface area contributed by atoms with Crippen LogP contribution in [-0.2, 0) is 24.2 Å². The van der Waals surface area contributed by atoms with Crippen LogP contribution in [0, 0.1) is 5.92 Å². The molecule has 2 atom stereocenters. The van der Waals surface area contributed by atoms with Crippen molar-refractivity contribution in [1.29, 1.82) is 0 Å². The van der Waals surface area contributed by atoms with E-state index < -0.39 is 0 Å². The number of nitrogens with zero attached hydrogens (tertiary/aromatic N) is 3. The first-order valence-corrected chi connectivity index (χ1v) is 8.96. The summed E-state index contributed by atoms with van der Waals surface area (Å²) in [6.07, 6.45) is 6.35. The molecule has 1 N–H and O–H groups in total. The van der Waals surface area contributed by atoms with E-state index in [1.807, 2.05) is 10.9 Å². The second-order valence-corrected chi connectivity index (χ2v) is 6.63. The Hall–Kier alpha value is -1.24.